The number of nitrogens with two attached hydrogens (primary N) is 1. The highest BCUT2D eigenvalue weighted by atomic mass is 35.5. The van der Waals surface area contributed by atoms with Crippen molar-refractivity contribution >= 4 is 23.2 Å². The van der Waals surface area contributed by atoms with E-state index in [-0.39, 0.29) is 18.5 Å². The lowest BCUT2D eigenvalue weighted by molar-refractivity contribution is -0.683. The van der Waals surface area contributed by atoms with Crippen LogP contribution >= 0.6 is 11.6 Å². The van der Waals surface area contributed by atoms with Gasteiger partial charge in [0.2, 0.25) is 0 Å². The van der Waals surface area contributed by atoms with E-state index in [0.29, 0.717) is 23.7 Å². The predicted molar refractivity (Wildman–Crippen MR) is 102 cm³/mol. The third-order valence-corrected chi connectivity index (χ3v) is 5.14. The molecule has 0 bridgehead atoms. The van der Waals surface area contributed by atoms with Crippen LogP contribution in [-0.2, 0) is 4.79 Å². The number of halogens is 3. The van der Waals surface area contributed by atoms with Gasteiger partial charge in [-0.25, -0.2) is 8.78 Å². The normalized spacial score (nSPS) is 15.7. The third-order valence-electron chi connectivity index (χ3n) is 4.90. The van der Waals surface area contributed by atoms with Gasteiger partial charge in [-0.1, -0.05) is 17.7 Å². The summed E-state index contributed by atoms with van der Waals surface area (Å²) >= 11 is 6.04. The van der Waals surface area contributed by atoms with E-state index < -0.39 is 11.6 Å². The molecule has 1 saturated heterocycles. The average Bonchev–Trinajstić information content (AvgIpc) is 2.66. The molecule has 4 nitrogen and oxygen atoms in total. The van der Waals surface area contributed by atoms with E-state index in [4.69, 9.17) is 11.6 Å². The number of rotatable bonds is 5. The molecule has 0 aliphatic carbocycles. The SMILES string of the molecule is C[C@@H]([NH2+]CC(=O)N1CCN(c2cccc(Cl)c2)CC1)c1ccc(F)cc1F. The highest BCUT2D eigenvalue weighted by molar-refractivity contribution is 6.30. The Labute approximate surface area is 162 Å². The topological polar surface area (TPSA) is 40.2 Å². The standard InChI is InChI=1S/C20H22ClF2N3O/c1-14(18-6-5-16(22)12-19(18)23)24-13-20(27)26-9-7-25(8-10-26)17-4-2-3-15(21)11-17/h2-6,11-12,14,24H,7-10,13H2,1H3/p+1/t14-/m1/s1. The van der Waals surface area contributed by atoms with Crippen LogP contribution in [-0.4, -0.2) is 43.5 Å². The number of amides is 1. The van der Waals surface area contributed by atoms with Crippen molar-refractivity contribution < 1.29 is 18.9 Å². The largest absolute Gasteiger partial charge is 0.368 e. The van der Waals surface area contributed by atoms with Crippen LogP contribution in [0.3, 0.4) is 0 Å². The molecule has 0 spiro atoms. The van der Waals surface area contributed by atoms with Gasteiger partial charge < -0.3 is 15.1 Å². The molecule has 3 rings (SSSR count). The van der Waals surface area contributed by atoms with Gasteiger partial charge in [-0.3, -0.25) is 4.79 Å². The lowest BCUT2D eigenvalue weighted by Gasteiger charge is -2.36. The summed E-state index contributed by atoms with van der Waals surface area (Å²) in [5, 5.41) is 2.48. The highest BCUT2D eigenvalue weighted by Crippen LogP contribution is 2.20. The number of nitrogens with zero attached hydrogens (tertiary/aromatic N) is 2. The highest BCUT2D eigenvalue weighted by Gasteiger charge is 2.23. The summed E-state index contributed by atoms with van der Waals surface area (Å²) in [6, 6.07) is 11.0. The van der Waals surface area contributed by atoms with Gasteiger partial charge in [0.15, 0.2) is 6.54 Å². The molecule has 27 heavy (non-hydrogen) atoms. The second kappa shape index (κ2) is 8.67. The molecule has 2 aromatic carbocycles. The molecule has 0 aromatic heterocycles. The van der Waals surface area contributed by atoms with Crippen LogP contribution in [0.4, 0.5) is 14.5 Å². The molecule has 7 heteroatoms. The van der Waals surface area contributed by atoms with Gasteiger partial charge in [0.05, 0.1) is 0 Å². The molecule has 0 saturated carbocycles. The molecular formula is C20H23ClF2N3O+. The first kappa shape index (κ1) is 19.6. The smallest absolute Gasteiger partial charge is 0.277 e. The molecule has 1 heterocycles. The maximum absolute atomic E-state index is 13.8. The fourth-order valence-electron chi connectivity index (χ4n) is 3.29. The van der Waals surface area contributed by atoms with Crippen LogP contribution in [0.15, 0.2) is 42.5 Å². The summed E-state index contributed by atoms with van der Waals surface area (Å²) in [7, 11) is 0. The van der Waals surface area contributed by atoms with Crippen molar-refractivity contribution in [2.45, 2.75) is 13.0 Å². The lowest BCUT2D eigenvalue weighted by atomic mass is 10.1. The first-order chi connectivity index (χ1) is 12.9. The molecule has 2 aromatic rings. The quantitative estimate of drug-likeness (QED) is 0.846. The number of anilines is 1. The van der Waals surface area contributed by atoms with Crippen molar-refractivity contribution in [2.75, 3.05) is 37.6 Å². The summed E-state index contributed by atoms with van der Waals surface area (Å²) in [6.07, 6.45) is 0. The number of carbonyl (C=O) groups is 1. The zero-order chi connectivity index (χ0) is 19.4. The van der Waals surface area contributed by atoms with E-state index in [1.165, 1.54) is 12.1 Å². The van der Waals surface area contributed by atoms with Gasteiger partial charge in [0, 0.05) is 48.5 Å². The minimum Gasteiger partial charge on any atom is -0.368 e. The maximum atomic E-state index is 13.8. The molecule has 1 aliphatic heterocycles. The van der Waals surface area contributed by atoms with E-state index >= 15 is 0 Å². The molecule has 1 amide bonds. The van der Waals surface area contributed by atoms with Gasteiger partial charge in [0.25, 0.3) is 5.91 Å². The molecule has 1 atom stereocenters. The monoisotopic (exact) mass is 394 g/mol. The van der Waals surface area contributed by atoms with Gasteiger partial charge in [-0.05, 0) is 37.3 Å². The predicted octanol–water partition coefficient (Wildman–Crippen LogP) is 2.59. The van der Waals surface area contributed by atoms with Crippen molar-refractivity contribution in [1.29, 1.82) is 0 Å². The van der Waals surface area contributed by atoms with Crippen molar-refractivity contribution in [1.82, 2.24) is 4.90 Å². The van der Waals surface area contributed by atoms with Crippen LogP contribution in [0.1, 0.15) is 18.5 Å². The first-order valence-electron chi connectivity index (χ1n) is 9.00. The van der Waals surface area contributed by atoms with Gasteiger partial charge in [-0.2, -0.15) is 0 Å². The summed E-state index contributed by atoms with van der Waals surface area (Å²) < 4.78 is 26.9. The number of hydrogen-bond acceptors (Lipinski definition) is 2. The molecule has 1 aliphatic rings. The van der Waals surface area contributed by atoms with Crippen molar-refractivity contribution in [3.8, 4) is 0 Å². The molecule has 2 N–H and O–H groups in total. The van der Waals surface area contributed by atoms with Crippen molar-refractivity contribution in [3.63, 3.8) is 0 Å². The molecular weight excluding hydrogens is 372 g/mol. The Morgan fingerprint density at radius 1 is 1.15 bits per heavy atom. The van der Waals surface area contributed by atoms with Crippen LogP contribution in [0.2, 0.25) is 5.02 Å². The van der Waals surface area contributed by atoms with Crippen molar-refractivity contribution in [2.24, 2.45) is 0 Å². The summed E-state index contributed by atoms with van der Waals surface area (Å²) in [5.41, 5.74) is 1.46. The first-order valence-corrected chi connectivity index (χ1v) is 9.38. The van der Waals surface area contributed by atoms with Gasteiger partial charge in [0.1, 0.15) is 17.7 Å². The Morgan fingerprint density at radius 2 is 1.89 bits per heavy atom. The van der Waals surface area contributed by atoms with E-state index in [1.54, 1.807) is 12.2 Å². The van der Waals surface area contributed by atoms with Crippen LogP contribution < -0.4 is 10.2 Å². The molecule has 144 valence electrons. The number of hydrogen-bond donors (Lipinski definition) is 1. The summed E-state index contributed by atoms with van der Waals surface area (Å²) in [5.74, 6) is -1.16. The zero-order valence-corrected chi connectivity index (χ0v) is 15.9. The Bertz CT molecular complexity index is 810. The fourth-order valence-corrected chi connectivity index (χ4v) is 3.48. The Balaban J connectivity index is 1.49. The van der Waals surface area contributed by atoms with E-state index in [9.17, 15) is 13.6 Å². The second-order valence-corrected chi connectivity index (χ2v) is 7.18. The molecule has 1 fully saturated rings. The second-order valence-electron chi connectivity index (χ2n) is 6.74. The summed E-state index contributed by atoms with van der Waals surface area (Å²) in [4.78, 5) is 16.5. The van der Waals surface area contributed by atoms with Gasteiger partial charge in [-0.15, -0.1) is 0 Å². The average molecular weight is 395 g/mol. The minimum absolute atomic E-state index is 0.0233. The molecule has 0 radical (unpaired) electrons. The van der Waals surface area contributed by atoms with Crippen LogP contribution in [0.25, 0.3) is 0 Å². The van der Waals surface area contributed by atoms with Crippen LogP contribution in [0, 0.1) is 11.6 Å². The van der Waals surface area contributed by atoms with Crippen molar-refractivity contribution in [3.05, 3.63) is 64.7 Å². The van der Waals surface area contributed by atoms with E-state index in [2.05, 4.69) is 4.90 Å². The minimum atomic E-state index is -0.600. The molecule has 0 unspecified atom stereocenters. The van der Waals surface area contributed by atoms with E-state index in [1.807, 2.05) is 29.2 Å². The Kier molecular flexibility index (Phi) is 6.29. The lowest BCUT2D eigenvalue weighted by Crippen LogP contribution is -2.87. The fraction of sp³-hybridized carbons (Fsp3) is 0.350. The maximum Gasteiger partial charge on any atom is 0.277 e. The zero-order valence-electron chi connectivity index (χ0n) is 15.2. The Morgan fingerprint density at radius 3 is 2.56 bits per heavy atom. The number of quaternary nitrogens is 1. The number of benzene rings is 2. The third kappa shape index (κ3) is 4.96. The Hall–Kier alpha value is -2.18. The summed E-state index contributed by atoms with van der Waals surface area (Å²) in [6.45, 7) is 4.80. The van der Waals surface area contributed by atoms with Crippen LogP contribution in [0.5, 0.6) is 0 Å². The number of piperazine rings is 1. The number of carbonyl (C=O) groups excluding carboxylic acids is 1. The van der Waals surface area contributed by atoms with E-state index in [0.717, 1.165) is 24.8 Å². The van der Waals surface area contributed by atoms with Gasteiger partial charge >= 0.3 is 0 Å².